The summed E-state index contributed by atoms with van der Waals surface area (Å²) in [4.78, 5) is 0. The number of aryl methyl sites for hydroxylation is 1. The summed E-state index contributed by atoms with van der Waals surface area (Å²) in [5.41, 5.74) is -0.796. The Balaban J connectivity index is 2.39. The molecular formula is C7H12N4O. The van der Waals surface area contributed by atoms with Gasteiger partial charge in [-0.05, 0) is 6.92 Å². The smallest absolute Gasteiger partial charge is 0.167 e. The standard InChI is InChI=1S/C7H12N4O/c1-5-9-10-6(11(5)2)7(12)3-8-4-7/h8,12H,3-4H2,1-2H3. The van der Waals surface area contributed by atoms with Crippen LogP contribution in [0.25, 0.3) is 0 Å². The van der Waals surface area contributed by atoms with Gasteiger partial charge in [0.15, 0.2) is 5.82 Å². The minimum absolute atomic E-state index is 0.568. The Hall–Kier alpha value is -0.940. The van der Waals surface area contributed by atoms with Crippen molar-refractivity contribution in [3.63, 3.8) is 0 Å². The normalized spacial score (nSPS) is 20.6. The third-order valence-corrected chi connectivity index (χ3v) is 2.34. The highest BCUT2D eigenvalue weighted by Crippen LogP contribution is 2.22. The van der Waals surface area contributed by atoms with E-state index in [1.165, 1.54) is 0 Å². The fourth-order valence-corrected chi connectivity index (χ4v) is 1.33. The van der Waals surface area contributed by atoms with E-state index >= 15 is 0 Å². The molecule has 0 atom stereocenters. The maximum atomic E-state index is 9.89. The predicted octanol–water partition coefficient (Wildman–Crippen LogP) is -1.09. The van der Waals surface area contributed by atoms with Crippen molar-refractivity contribution in [3.8, 4) is 0 Å². The summed E-state index contributed by atoms with van der Waals surface area (Å²) in [6.45, 7) is 3.00. The van der Waals surface area contributed by atoms with Crippen molar-refractivity contribution in [1.29, 1.82) is 0 Å². The first-order chi connectivity index (χ1) is 5.63. The van der Waals surface area contributed by atoms with Crippen molar-refractivity contribution in [2.24, 2.45) is 7.05 Å². The van der Waals surface area contributed by atoms with Crippen LogP contribution in [0.3, 0.4) is 0 Å². The summed E-state index contributed by atoms with van der Waals surface area (Å²) >= 11 is 0. The van der Waals surface area contributed by atoms with Gasteiger partial charge < -0.3 is 15.0 Å². The highest BCUT2D eigenvalue weighted by Gasteiger charge is 2.40. The summed E-state index contributed by atoms with van der Waals surface area (Å²) in [6.07, 6.45) is 0. The van der Waals surface area contributed by atoms with Crippen LogP contribution in [0.5, 0.6) is 0 Å². The van der Waals surface area contributed by atoms with Gasteiger partial charge >= 0.3 is 0 Å². The average Bonchev–Trinajstić information content (AvgIpc) is 2.29. The molecule has 0 spiro atoms. The Labute approximate surface area is 70.4 Å². The van der Waals surface area contributed by atoms with E-state index in [0.29, 0.717) is 18.9 Å². The van der Waals surface area contributed by atoms with E-state index in [1.54, 1.807) is 0 Å². The third-order valence-electron chi connectivity index (χ3n) is 2.34. The van der Waals surface area contributed by atoms with Crippen LogP contribution < -0.4 is 5.32 Å². The predicted molar refractivity (Wildman–Crippen MR) is 42.5 cm³/mol. The lowest BCUT2D eigenvalue weighted by molar-refractivity contribution is -0.0254. The molecule has 0 bridgehead atoms. The zero-order valence-electron chi connectivity index (χ0n) is 7.20. The van der Waals surface area contributed by atoms with E-state index in [2.05, 4.69) is 15.5 Å². The summed E-state index contributed by atoms with van der Waals surface area (Å²) < 4.78 is 1.82. The van der Waals surface area contributed by atoms with Crippen LogP contribution in [0, 0.1) is 6.92 Å². The van der Waals surface area contributed by atoms with Gasteiger partial charge in [0.1, 0.15) is 11.4 Å². The van der Waals surface area contributed by atoms with Gasteiger partial charge in [0, 0.05) is 20.1 Å². The molecule has 5 heteroatoms. The summed E-state index contributed by atoms with van der Waals surface area (Å²) in [7, 11) is 1.86. The molecule has 2 heterocycles. The average molecular weight is 168 g/mol. The number of aromatic nitrogens is 3. The molecule has 1 aromatic heterocycles. The highest BCUT2D eigenvalue weighted by atomic mass is 16.3. The number of rotatable bonds is 1. The number of aliphatic hydroxyl groups is 1. The number of nitrogens with one attached hydrogen (secondary N) is 1. The lowest BCUT2D eigenvalue weighted by Gasteiger charge is -2.36. The van der Waals surface area contributed by atoms with Crippen LogP contribution in [0.1, 0.15) is 11.6 Å². The largest absolute Gasteiger partial charge is 0.379 e. The summed E-state index contributed by atoms with van der Waals surface area (Å²) in [5, 5.41) is 20.7. The maximum absolute atomic E-state index is 9.89. The topological polar surface area (TPSA) is 63.0 Å². The Kier molecular flexibility index (Phi) is 1.46. The van der Waals surface area contributed by atoms with Gasteiger partial charge in [-0.3, -0.25) is 0 Å². The van der Waals surface area contributed by atoms with Crippen LogP contribution in [-0.4, -0.2) is 33.0 Å². The van der Waals surface area contributed by atoms with Gasteiger partial charge in [0.25, 0.3) is 0 Å². The third kappa shape index (κ3) is 0.867. The van der Waals surface area contributed by atoms with E-state index in [-0.39, 0.29) is 0 Å². The van der Waals surface area contributed by atoms with Crippen LogP contribution in [0.4, 0.5) is 0 Å². The van der Waals surface area contributed by atoms with E-state index in [9.17, 15) is 5.11 Å². The van der Waals surface area contributed by atoms with Gasteiger partial charge in [-0.1, -0.05) is 0 Å². The fourth-order valence-electron chi connectivity index (χ4n) is 1.33. The lowest BCUT2D eigenvalue weighted by atomic mass is 9.96. The number of hydrogen-bond acceptors (Lipinski definition) is 4. The second-order valence-corrected chi connectivity index (χ2v) is 3.26. The number of β-amino-alcohol motifs (C(OH)–C–C–N with tert-alkyl or cyclic N) is 1. The molecule has 2 N–H and O–H groups in total. The van der Waals surface area contributed by atoms with Crippen molar-refractivity contribution in [3.05, 3.63) is 11.6 Å². The van der Waals surface area contributed by atoms with E-state index in [4.69, 9.17) is 0 Å². The fraction of sp³-hybridized carbons (Fsp3) is 0.714. The SMILES string of the molecule is Cc1nnc(C2(O)CNC2)n1C. The molecule has 1 aromatic rings. The minimum atomic E-state index is -0.796. The zero-order valence-corrected chi connectivity index (χ0v) is 7.20. The van der Waals surface area contributed by atoms with Gasteiger partial charge in [-0.15, -0.1) is 10.2 Å². The molecule has 0 aromatic carbocycles. The van der Waals surface area contributed by atoms with Gasteiger partial charge in [-0.2, -0.15) is 0 Å². The molecule has 2 rings (SSSR count). The molecule has 12 heavy (non-hydrogen) atoms. The molecular weight excluding hydrogens is 156 g/mol. The Bertz CT molecular complexity index is 302. The van der Waals surface area contributed by atoms with Crippen LogP contribution in [0.15, 0.2) is 0 Å². The first-order valence-corrected chi connectivity index (χ1v) is 3.93. The van der Waals surface area contributed by atoms with E-state index in [0.717, 1.165) is 5.82 Å². The summed E-state index contributed by atoms with van der Waals surface area (Å²) in [6, 6.07) is 0. The Morgan fingerprint density at radius 2 is 2.17 bits per heavy atom. The first kappa shape index (κ1) is 7.70. The minimum Gasteiger partial charge on any atom is -0.379 e. The zero-order chi connectivity index (χ0) is 8.77. The molecule has 1 aliphatic heterocycles. The number of hydrogen-bond donors (Lipinski definition) is 2. The molecule has 66 valence electrons. The van der Waals surface area contributed by atoms with Gasteiger partial charge in [-0.25, -0.2) is 0 Å². The quantitative estimate of drug-likeness (QED) is 0.559. The first-order valence-electron chi connectivity index (χ1n) is 3.93. The van der Waals surface area contributed by atoms with Crippen LogP contribution >= 0.6 is 0 Å². The van der Waals surface area contributed by atoms with Crippen molar-refractivity contribution in [1.82, 2.24) is 20.1 Å². The second-order valence-electron chi connectivity index (χ2n) is 3.26. The van der Waals surface area contributed by atoms with Crippen molar-refractivity contribution < 1.29 is 5.11 Å². The Morgan fingerprint density at radius 1 is 1.50 bits per heavy atom. The molecule has 0 saturated carbocycles. The molecule has 1 fully saturated rings. The van der Waals surface area contributed by atoms with Gasteiger partial charge in [0.2, 0.25) is 0 Å². The highest BCUT2D eigenvalue weighted by molar-refractivity contribution is 5.11. The Morgan fingerprint density at radius 3 is 2.50 bits per heavy atom. The molecule has 5 nitrogen and oxygen atoms in total. The monoisotopic (exact) mass is 168 g/mol. The summed E-state index contributed by atoms with van der Waals surface area (Å²) in [5.74, 6) is 1.48. The molecule has 1 saturated heterocycles. The van der Waals surface area contributed by atoms with Crippen LogP contribution in [0.2, 0.25) is 0 Å². The van der Waals surface area contributed by atoms with Crippen molar-refractivity contribution in [2.45, 2.75) is 12.5 Å². The maximum Gasteiger partial charge on any atom is 0.167 e. The molecule has 0 unspecified atom stereocenters. The molecule has 0 amide bonds. The van der Waals surface area contributed by atoms with E-state index in [1.807, 2.05) is 18.5 Å². The van der Waals surface area contributed by atoms with Crippen molar-refractivity contribution in [2.75, 3.05) is 13.1 Å². The molecule has 1 aliphatic rings. The van der Waals surface area contributed by atoms with Crippen molar-refractivity contribution >= 4 is 0 Å². The molecule has 0 aliphatic carbocycles. The van der Waals surface area contributed by atoms with E-state index < -0.39 is 5.60 Å². The molecule has 0 radical (unpaired) electrons. The lowest BCUT2D eigenvalue weighted by Crippen LogP contribution is -2.58. The second kappa shape index (κ2) is 2.27. The number of nitrogens with zero attached hydrogens (tertiary/aromatic N) is 3. The van der Waals surface area contributed by atoms with Crippen LogP contribution in [-0.2, 0) is 12.6 Å². The van der Waals surface area contributed by atoms with Gasteiger partial charge in [0.05, 0.1) is 0 Å².